The van der Waals surface area contributed by atoms with Crippen LogP contribution >= 0.6 is 0 Å². The Balaban J connectivity index is 1.73. The lowest BCUT2D eigenvalue weighted by Gasteiger charge is -2.02. The van der Waals surface area contributed by atoms with Crippen LogP contribution in [0.15, 0.2) is 55.1 Å². The molecule has 2 aromatic heterocycles. The molecule has 5 nitrogen and oxygen atoms in total. The Morgan fingerprint density at radius 1 is 1.05 bits per heavy atom. The van der Waals surface area contributed by atoms with Crippen LogP contribution in [0, 0.1) is 0 Å². The molecule has 0 amide bonds. The van der Waals surface area contributed by atoms with Gasteiger partial charge in [-0.2, -0.15) is 0 Å². The predicted octanol–water partition coefficient (Wildman–Crippen LogP) is 3.33. The summed E-state index contributed by atoms with van der Waals surface area (Å²) in [6.07, 6.45) is 10.7. The molecule has 3 heterocycles. The zero-order chi connectivity index (χ0) is 14.8. The van der Waals surface area contributed by atoms with Crippen molar-refractivity contribution in [2.45, 2.75) is 0 Å². The van der Waals surface area contributed by atoms with Gasteiger partial charge < -0.3 is 4.74 Å². The second-order valence-electron chi connectivity index (χ2n) is 4.76. The zero-order valence-electron chi connectivity index (χ0n) is 11.6. The molecule has 0 fully saturated rings. The molecular formula is C17H12N4O. The van der Waals surface area contributed by atoms with Crippen LogP contribution in [0.5, 0.6) is 5.75 Å². The van der Waals surface area contributed by atoms with Crippen LogP contribution in [0.1, 0.15) is 11.4 Å². The third-order valence-electron chi connectivity index (χ3n) is 3.28. The van der Waals surface area contributed by atoms with Crippen molar-refractivity contribution < 1.29 is 4.74 Å². The second-order valence-corrected chi connectivity index (χ2v) is 4.76. The molecular weight excluding hydrogens is 276 g/mol. The fourth-order valence-electron chi connectivity index (χ4n) is 2.26. The van der Waals surface area contributed by atoms with Crippen LogP contribution in [0.2, 0.25) is 0 Å². The summed E-state index contributed by atoms with van der Waals surface area (Å²) < 4.78 is 7.27. The van der Waals surface area contributed by atoms with E-state index in [0.29, 0.717) is 5.82 Å². The monoisotopic (exact) mass is 288 g/mol. The summed E-state index contributed by atoms with van der Waals surface area (Å²) in [6, 6.07) is 11.6. The van der Waals surface area contributed by atoms with Crippen LogP contribution in [0.4, 0.5) is 0 Å². The summed E-state index contributed by atoms with van der Waals surface area (Å²) >= 11 is 0. The third kappa shape index (κ3) is 2.29. The molecule has 0 aliphatic carbocycles. The molecule has 106 valence electrons. The van der Waals surface area contributed by atoms with Crippen molar-refractivity contribution >= 4 is 18.4 Å². The minimum atomic E-state index is 0.639. The van der Waals surface area contributed by atoms with Gasteiger partial charge in [0, 0.05) is 12.4 Å². The van der Waals surface area contributed by atoms with Crippen LogP contribution < -0.4 is 4.74 Å². The quantitative estimate of drug-likeness (QED) is 0.725. The van der Waals surface area contributed by atoms with Crippen molar-refractivity contribution in [3.63, 3.8) is 0 Å². The highest BCUT2D eigenvalue weighted by molar-refractivity contribution is 5.71. The van der Waals surface area contributed by atoms with Crippen molar-refractivity contribution in [1.82, 2.24) is 19.7 Å². The highest BCUT2D eigenvalue weighted by atomic mass is 16.5. The molecule has 0 N–H and O–H groups in total. The number of para-hydroxylation sites is 1. The van der Waals surface area contributed by atoms with Crippen molar-refractivity contribution in [2.75, 3.05) is 0 Å². The SMILES string of the molecule is C1=Cn2nc(/C=C/c3cccnc3)nc2-c2ccccc2O1. The molecule has 0 unspecified atom stereocenters. The maximum absolute atomic E-state index is 5.55. The summed E-state index contributed by atoms with van der Waals surface area (Å²) in [5, 5.41) is 4.46. The van der Waals surface area contributed by atoms with Gasteiger partial charge >= 0.3 is 0 Å². The van der Waals surface area contributed by atoms with E-state index in [9.17, 15) is 0 Å². The van der Waals surface area contributed by atoms with Crippen LogP contribution in [0.3, 0.4) is 0 Å². The average molecular weight is 288 g/mol. The third-order valence-corrected chi connectivity index (χ3v) is 3.28. The molecule has 0 radical (unpaired) electrons. The molecule has 0 atom stereocenters. The van der Waals surface area contributed by atoms with Crippen molar-refractivity contribution in [1.29, 1.82) is 0 Å². The van der Waals surface area contributed by atoms with Gasteiger partial charge in [-0.25, -0.2) is 9.67 Å². The summed E-state index contributed by atoms with van der Waals surface area (Å²) in [4.78, 5) is 8.66. The van der Waals surface area contributed by atoms with Gasteiger partial charge in [0.05, 0.1) is 11.8 Å². The van der Waals surface area contributed by atoms with Gasteiger partial charge in [0.1, 0.15) is 12.0 Å². The average Bonchev–Trinajstić information content (AvgIpc) is 2.90. The topological polar surface area (TPSA) is 52.8 Å². The Bertz CT molecular complexity index is 865. The Labute approximate surface area is 127 Å². The first-order chi connectivity index (χ1) is 10.9. The fourth-order valence-corrected chi connectivity index (χ4v) is 2.26. The number of hydrogen-bond acceptors (Lipinski definition) is 4. The van der Waals surface area contributed by atoms with E-state index in [-0.39, 0.29) is 0 Å². The normalized spacial score (nSPS) is 12.5. The molecule has 1 aliphatic heterocycles. The number of nitrogens with zero attached hydrogens (tertiary/aromatic N) is 4. The number of fused-ring (bicyclic) bond motifs is 3. The maximum Gasteiger partial charge on any atom is 0.175 e. The fraction of sp³-hybridized carbons (Fsp3) is 0. The molecule has 5 heteroatoms. The second kappa shape index (κ2) is 5.29. The van der Waals surface area contributed by atoms with Gasteiger partial charge in [-0.1, -0.05) is 18.2 Å². The van der Waals surface area contributed by atoms with Gasteiger partial charge in [0.2, 0.25) is 0 Å². The number of aromatic nitrogens is 4. The van der Waals surface area contributed by atoms with Crippen molar-refractivity contribution in [3.8, 4) is 17.1 Å². The van der Waals surface area contributed by atoms with Crippen LogP contribution in [0.25, 0.3) is 29.7 Å². The number of ether oxygens (including phenoxy) is 1. The maximum atomic E-state index is 5.55. The van der Waals surface area contributed by atoms with E-state index in [1.807, 2.05) is 48.6 Å². The number of hydrogen-bond donors (Lipinski definition) is 0. The summed E-state index contributed by atoms with van der Waals surface area (Å²) in [7, 11) is 0. The predicted molar refractivity (Wildman–Crippen MR) is 84.6 cm³/mol. The Morgan fingerprint density at radius 3 is 2.91 bits per heavy atom. The first kappa shape index (κ1) is 12.5. The minimum Gasteiger partial charge on any atom is -0.463 e. The molecule has 0 bridgehead atoms. The smallest absolute Gasteiger partial charge is 0.175 e. The molecule has 1 aliphatic rings. The minimum absolute atomic E-state index is 0.639. The van der Waals surface area contributed by atoms with Crippen molar-refractivity contribution in [2.24, 2.45) is 0 Å². The van der Waals surface area contributed by atoms with E-state index in [0.717, 1.165) is 22.7 Å². The summed E-state index contributed by atoms with van der Waals surface area (Å²) in [5.74, 6) is 2.17. The summed E-state index contributed by atoms with van der Waals surface area (Å²) in [5.41, 5.74) is 1.92. The lowest BCUT2D eigenvalue weighted by molar-refractivity contribution is 0.487. The molecule has 22 heavy (non-hydrogen) atoms. The number of rotatable bonds is 2. The Hall–Kier alpha value is -3.21. The van der Waals surface area contributed by atoms with Crippen LogP contribution in [-0.2, 0) is 0 Å². The Morgan fingerprint density at radius 2 is 2.00 bits per heavy atom. The molecule has 3 aromatic rings. The van der Waals surface area contributed by atoms with E-state index >= 15 is 0 Å². The van der Waals surface area contributed by atoms with Gasteiger partial charge in [-0.15, -0.1) is 5.10 Å². The highest BCUT2D eigenvalue weighted by Gasteiger charge is 2.15. The molecule has 1 aromatic carbocycles. The summed E-state index contributed by atoms with van der Waals surface area (Å²) in [6.45, 7) is 0. The van der Waals surface area contributed by atoms with Gasteiger partial charge in [-0.05, 0) is 35.9 Å². The van der Waals surface area contributed by atoms with E-state index in [1.54, 1.807) is 29.5 Å². The highest BCUT2D eigenvalue weighted by Crippen LogP contribution is 2.30. The van der Waals surface area contributed by atoms with E-state index in [4.69, 9.17) is 4.74 Å². The standard InChI is InChI=1S/C17H12N4O/c1-2-6-15-14(5-1)17-19-16(20-21(17)10-11-22-15)8-7-13-4-3-9-18-12-13/h1-12H/b8-7+. The number of benzene rings is 1. The van der Waals surface area contributed by atoms with E-state index in [1.165, 1.54) is 0 Å². The molecule has 0 spiro atoms. The van der Waals surface area contributed by atoms with Crippen LogP contribution in [-0.4, -0.2) is 19.7 Å². The molecule has 4 rings (SSSR count). The Kier molecular flexibility index (Phi) is 3.01. The lowest BCUT2D eigenvalue weighted by Crippen LogP contribution is -1.91. The number of pyridine rings is 1. The molecule has 0 saturated carbocycles. The van der Waals surface area contributed by atoms with E-state index < -0.39 is 0 Å². The van der Waals surface area contributed by atoms with Crippen molar-refractivity contribution in [3.05, 3.63) is 66.4 Å². The first-order valence-corrected chi connectivity index (χ1v) is 6.87. The first-order valence-electron chi connectivity index (χ1n) is 6.87. The van der Waals surface area contributed by atoms with Gasteiger partial charge in [0.25, 0.3) is 0 Å². The lowest BCUT2D eigenvalue weighted by atomic mass is 10.2. The van der Waals surface area contributed by atoms with E-state index in [2.05, 4.69) is 15.1 Å². The van der Waals surface area contributed by atoms with Gasteiger partial charge in [0.15, 0.2) is 11.6 Å². The molecule has 0 saturated heterocycles. The zero-order valence-corrected chi connectivity index (χ0v) is 11.6. The largest absolute Gasteiger partial charge is 0.463 e. The van der Waals surface area contributed by atoms with Gasteiger partial charge in [-0.3, -0.25) is 4.98 Å².